The van der Waals surface area contributed by atoms with Gasteiger partial charge in [0, 0.05) is 0 Å². The summed E-state index contributed by atoms with van der Waals surface area (Å²) in [6.45, 7) is 0. The molecule has 0 saturated carbocycles. The SMILES string of the molecule is O=C(O)CC(O)(CC(=O)OC(CC(=O)O)(CC(=O)OS(=O)(=O)O)C(=O)O)C(=O)O.[H-].[H-].[H-].[Na+].[Na+].[Na+]. The topological polar surface area (TPSA) is 276 Å². The number of ether oxygens (including phenoxy) is 1. The normalized spacial score (nSPS) is 13.8. The first kappa shape index (κ1) is 38.9. The van der Waals surface area contributed by atoms with Gasteiger partial charge in [-0.05, 0) is 0 Å². The fraction of sp³-hybridized carbons (Fsp3) is 0.500. The molecular formula is C12H17Na3O16S. The van der Waals surface area contributed by atoms with E-state index in [-0.39, 0.29) is 93.0 Å². The Balaban J connectivity index is -0.000000261. The third-order valence-electron chi connectivity index (χ3n) is 3.04. The average molecular weight is 518 g/mol. The molecule has 0 heterocycles. The van der Waals surface area contributed by atoms with Crippen LogP contribution in [0.1, 0.15) is 30.0 Å². The monoisotopic (exact) mass is 518 g/mol. The molecule has 2 unspecified atom stereocenters. The van der Waals surface area contributed by atoms with Gasteiger partial charge in [0.25, 0.3) is 0 Å². The predicted octanol–water partition coefficient (Wildman–Crippen LogP) is -11.4. The van der Waals surface area contributed by atoms with E-state index in [0.717, 1.165) is 0 Å². The first-order valence-electron chi connectivity index (χ1n) is 6.97. The van der Waals surface area contributed by atoms with Crippen LogP contribution in [0, 0.1) is 0 Å². The van der Waals surface area contributed by atoms with E-state index in [1.165, 1.54) is 0 Å². The van der Waals surface area contributed by atoms with Crippen LogP contribution in [0.3, 0.4) is 0 Å². The summed E-state index contributed by atoms with van der Waals surface area (Å²) in [6.07, 6.45) is -6.67. The largest absolute Gasteiger partial charge is 1.00 e. The minimum atomic E-state index is -5.45. The number of carbonyl (C=O) groups excluding carboxylic acids is 2. The Kier molecular flexibility index (Phi) is 18.9. The van der Waals surface area contributed by atoms with Crippen molar-refractivity contribution in [3.63, 3.8) is 0 Å². The second-order valence-electron chi connectivity index (χ2n) is 5.49. The molecule has 0 rings (SSSR count). The van der Waals surface area contributed by atoms with Gasteiger partial charge in [0.2, 0.25) is 5.60 Å². The summed E-state index contributed by atoms with van der Waals surface area (Å²) in [6, 6.07) is 0. The number of aliphatic carboxylic acids is 4. The summed E-state index contributed by atoms with van der Waals surface area (Å²) in [5.41, 5.74) is -6.64. The standard InChI is InChI=1S/C12H14O16S.3Na.3H/c13-5(14)1-11(23,9(19)20)3-7(17)27-12(10(21)22,2-6(15)16)4-8(18)28-29(24,25)26;;;;;;/h23H,1-4H2,(H,13,14)(H,15,16)(H,19,20)(H,21,22)(H,24,25,26);;;;;;/q;3*+1;3*-1. The second-order valence-corrected chi connectivity index (χ2v) is 6.51. The van der Waals surface area contributed by atoms with Crippen LogP contribution in [-0.2, 0) is 48.1 Å². The molecule has 0 aliphatic carbocycles. The molecule has 0 radical (unpaired) electrons. The second kappa shape index (κ2) is 15.6. The van der Waals surface area contributed by atoms with Gasteiger partial charge >= 0.3 is 135 Å². The van der Waals surface area contributed by atoms with Crippen LogP contribution in [0.2, 0.25) is 0 Å². The van der Waals surface area contributed by atoms with Gasteiger partial charge < -0.3 is 38.7 Å². The molecule has 0 aromatic rings. The summed E-state index contributed by atoms with van der Waals surface area (Å²) in [5.74, 6) is -12.4. The summed E-state index contributed by atoms with van der Waals surface area (Å²) in [5, 5.41) is 45.2. The van der Waals surface area contributed by atoms with E-state index in [9.17, 15) is 47.4 Å². The van der Waals surface area contributed by atoms with E-state index in [1.54, 1.807) is 0 Å². The Labute approximate surface area is 249 Å². The Morgan fingerprint density at radius 2 is 1.16 bits per heavy atom. The van der Waals surface area contributed by atoms with Crippen LogP contribution >= 0.6 is 0 Å². The quantitative estimate of drug-likeness (QED) is 0.0794. The molecule has 0 saturated heterocycles. The molecule has 0 aliphatic heterocycles. The maximum absolute atomic E-state index is 11.9. The first-order valence-corrected chi connectivity index (χ1v) is 8.33. The van der Waals surface area contributed by atoms with Crippen molar-refractivity contribution in [2.45, 2.75) is 36.9 Å². The van der Waals surface area contributed by atoms with Gasteiger partial charge in [-0.15, -0.1) is 0 Å². The number of carboxylic acids is 4. The van der Waals surface area contributed by atoms with E-state index in [4.69, 9.17) is 19.9 Å². The minimum absolute atomic E-state index is 0. The van der Waals surface area contributed by atoms with Crippen LogP contribution in [0.4, 0.5) is 0 Å². The van der Waals surface area contributed by atoms with Gasteiger partial charge in [-0.2, -0.15) is 8.42 Å². The first-order chi connectivity index (χ1) is 12.9. The fourth-order valence-corrected chi connectivity index (χ4v) is 2.20. The third-order valence-corrected chi connectivity index (χ3v) is 3.44. The number of hydrogen-bond donors (Lipinski definition) is 6. The molecule has 32 heavy (non-hydrogen) atoms. The van der Waals surface area contributed by atoms with Crippen molar-refractivity contribution in [3.8, 4) is 0 Å². The predicted molar refractivity (Wildman–Crippen MR) is 83.8 cm³/mol. The van der Waals surface area contributed by atoms with Crippen molar-refractivity contribution < 1.29 is 169 Å². The Morgan fingerprint density at radius 1 is 0.719 bits per heavy atom. The van der Waals surface area contributed by atoms with Gasteiger partial charge in [-0.3, -0.25) is 23.7 Å². The molecular weight excluding hydrogens is 501 g/mol. The summed E-state index contributed by atoms with van der Waals surface area (Å²) in [7, 11) is -5.45. The van der Waals surface area contributed by atoms with Crippen LogP contribution in [0.5, 0.6) is 0 Å². The number of rotatable bonds is 12. The zero-order chi connectivity index (χ0) is 23.2. The summed E-state index contributed by atoms with van der Waals surface area (Å²) < 4.78 is 37.1. The van der Waals surface area contributed by atoms with Crippen molar-refractivity contribution in [2.24, 2.45) is 0 Å². The Morgan fingerprint density at radius 3 is 1.47 bits per heavy atom. The molecule has 0 bridgehead atoms. The molecule has 0 amide bonds. The van der Waals surface area contributed by atoms with E-state index in [0.29, 0.717) is 0 Å². The molecule has 6 N–H and O–H groups in total. The number of esters is 1. The van der Waals surface area contributed by atoms with Crippen molar-refractivity contribution in [2.75, 3.05) is 0 Å². The van der Waals surface area contributed by atoms with Crippen LogP contribution in [-0.4, -0.2) is 85.5 Å². The van der Waals surface area contributed by atoms with Gasteiger partial charge in [0.15, 0.2) is 5.60 Å². The zero-order valence-electron chi connectivity index (χ0n) is 20.0. The zero-order valence-corrected chi connectivity index (χ0v) is 23.8. The van der Waals surface area contributed by atoms with Crippen LogP contribution in [0.25, 0.3) is 0 Å². The Hall–Kier alpha value is -0.310. The average Bonchev–Trinajstić information content (AvgIpc) is 2.41. The molecule has 170 valence electrons. The minimum Gasteiger partial charge on any atom is -1.00 e. The molecule has 2 atom stereocenters. The number of carbonyl (C=O) groups is 6. The number of carboxylic acid groups (broad SMARTS) is 4. The maximum Gasteiger partial charge on any atom is 1.00 e. The molecule has 0 spiro atoms. The van der Waals surface area contributed by atoms with Gasteiger partial charge in [-0.25, -0.2) is 9.59 Å². The van der Waals surface area contributed by atoms with Gasteiger partial charge in [0.1, 0.15) is 0 Å². The number of aliphatic hydroxyl groups is 1. The maximum atomic E-state index is 11.9. The molecule has 0 aromatic carbocycles. The number of hydrogen-bond acceptors (Lipinski definition) is 11. The van der Waals surface area contributed by atoms with E-state index < -0.39 is 83.1 Å². The van der Waals surface area contributed by atoms with E-state index >= 15 is 0 Å². The molecule has 0 aromatic heterocycles. The van der Waals surface area contributed by atoms with Crippen molar-refractivity contribution >= 4 is 46.2 Å². The Bertz CT molecular complexity index is 856. The van der Waals surface area contributed by atoms with Gasteiger partial charge in [0.05, 0.1) is 25.7 Å². The third kappa shape index (κ3) is 14.1. The molecule has 0 aliphatic rings. The van der Waals surface area contributed by atoms with E-state index in [1.807, 2.05) is 0 Å². The van der Waals surface area contributed by atoms with Crippen LogP contribution in [0.15, 0.2) is 0 Å². The molecule has 16 nitrogen and oxygen atoms in total. The summed E-state index contributed by atoms with van der Waals surface area (Å²) >= 11 is 0. The summed E-state index contributed by atoms with van der Waals surface area (Å²) in [4.78, 5) is 67.3. The van der Waals surface area contributed by atoms with Crippen LogP contribution < -0.4 is 88.7 Å². The molecule has 0 fully saturated rings. The van der Waals surface area contributed by atoms with Crippen molar-refractivity contribution in [3.05, 3.63) is 0 Å². The van der Waals surface area contributed by atoms with E-state index in [2.05, 4.69) is 8.92 Å². The van der Waals surface area contributed by atoms with Crippen molar-refractivity contribution in [1.29, 1.82) is 0 Å². The fourth-order valence-electron chi connectivity index (χ4n) is 1.91. The molecule has 20 heteroatoms. The smallest absolute Gasteiger partial charge is 1.00 e. The van der Waals surface area contributed by atoms with Crippen molar-refractivity contribution in [1.82, 2.24) is 0 Å². The van der Waals surface area contributed by atoms with Gasteiger partial charge in [-0.1, -0.05) is 0 Å².